The van der Waals surface area contributed by atoms with Crippen LogP contribution >= 0.6 is 0 Å². The number of para-hydroxylation sites is 1. The summed E-state index contributed by atoms with van der Waals surface area (Å²) in [5, 5.41) is 0.449. The number of H-pyrrole nitrogens is 1. The fourth-order valence-electron chi connectivity index (χ4n) is 3.21. The van der Waals surface area contributed by atoms with Crippen molar-refractivity contribution < 1.29 is 17.6 Å². The van der Waals surface area contributed by atoms with E-state index in [-0.39, 0.29) is 16.9 Å². The van der Waals surface area contributed by atoms with Crippen LogP contribution in [0.25, 0.3) is 33.4 Å². The lowest BCUT2D eigenvalue weighted by Gasteiger charge is -2.11. The van der Waals surface area contributed by atoms with Crippen molar-refractivity contribution in [1.82, 2.24) is 9.97 Å². The van der Waals surface area contributed by atoms with Gasteiger partial charge in [-0.1, -0.05) is 30.3 Å². The minimum atomic E-state index is -4.66. The molecule has 0 bridgehead atoms. The van der Waals surface area contributed by atoms with Gasteiger partial charge in [0.25, 0.3) is 5.56 Å². The molecule has 146 valence electrons. The second kappa shape index (κ2) is 6.84. The highest BCUT2D eigenvalue weighted by atomic mass is 19.4. The Morgan fingerprint density at radius 1 is 0.897 bits per heavy atom. The SMILES string of the molecule is Cc1cccc2c(=O)[nH]c(-c3cccc(-c4cc(F)cc(C(F)(F)F)c4)c3)nc12. The zero-order valence-electron chi connectivity index (χ0n) is 15.1. The predicted molar refractivity (Wildman–Crippen MR) is 103 cm³/mol. The molecule has 0 amide bonds. The molecule has 0 aliphatic heterocycles. The number of benzene rings is 3. The largest absolute Gasteiger partial charge is 0.416 e. The highest BCUT2D eigenvalue weighted by Gasteiger charge is 2.31. The van der Waals surface area contributed by atoms with Gasteiger partial charge in [0, 0.05) is 5.56 Å². The standard InChI is InChI=1S/C22H14F4N2O/c1-12-4-2-7-18-19(12)27-20(28-21(18)29)14-6-3-5-13(8-14)15-9-16(22(24,25)26)11-17(23)10-15/h2-11H,1H3,(H,27,28,29). The molecule has 3 aromatic carbocycles. The van der Waals surface area contributed by atoms with Gasteiger partial charge in [0.15, 0.2) is 0 Å². The summed E-state index contributed by atoms with van der Waals surface area (Å²) in [6.07, 6.45) is -4.66. The number of aromatic amines is 1. The Labute approximate surface area is 162 Å². The van der Waals surface area contributed by atoms with Crippen molar-refractivity contribution in [3.05, 3.63) is 88.0 Å². The number of nitrogens with zero attached hydrogens (tertiary/aromatic N) is 1. The zero-order chi connectivity index (χ0) is 20.8. The molecular weight excluding hydrogens is 384 g/mol. The molecule has 0 saturated carbocycles. The second-order valence-corrected chi connectivity index (χ2v) is 6.69. The average molecular weight is 398 g/mol. The third-order valence-electron chi connectivity index (χ3n) is 4.63. The molecule has 4 rings (SSSR count). The van der Waals surface area contributed by atoms with Gasteiger partial charge in [0.2, 0.25) is 0 Å². The Hall–Kier alpha value is -3.48. The van der Waals surface area contributed by atoms with Gasteiger partial charge in [-0.05, 0) is 53.9 Å². The van der Waals surface area contributed by atoms with Crippen LogP contribution in [0.2, 0.25) is 0 Å². The van der Waals surface area contributed by atoms with Gasteiger partial charge in [-0.25, -0.2) is 9.37 Å². The highest BCUT2D eigenvalue weighted by Crippen LogP contribution is 2.34. The minimum Gasteiger partial charge on any atom is -0.306 e. The van der Waals surface area contributed by atoms with Crippen molar-refractivity contribution >= 4 is 10.9 Å². The number of aromatic nitrogens is 2. The molecule has 0 atom stereocenters. The molecule has 0 aliphatic carbocycles. The number of halogens is 4. The van der Waals surface area contributed by atoms with E-state index >= 15 is 0 Å². The van der Waals surface area contributed by atoms with E-state index in [2.05, 4.69) is 9.97 Å². The lowest BCUT2D eigenvalue weighted by Crippen LogP contribution is -2.10. The van der Waals surface area contributed by atoms with Gasteiger partial charge in [-0.15, -0.1) is 0 Å². The first-order valence-electron chi connectivity index (χ1n) is 8.70. The molecule has 1 aromatic heterocycles. The van der Waals surface area contributed by atoms with E-state index in [0.717, 1.165) is 17.7 Å². The van der Waals surface area contributed by atoms with Crippen molar-refractivity contribution in [3.63, 3.8) is 0 Å². The summed E-state index contributed by atoms with van der Waals surface area (Å²) in [5.74, 6) is -0.695. The summed E-state index contributed by atoms with van der Waals surface area (Å²) < 4.78 is 52.8. The van der Waals surface area contributed by atoms with Crippen LogP contribution in [-0.4, -0.2) is 9.97 Å². The Kier molecular flexibility index (Phi) is 4.45. The van der Waals surface area contributed by atoms with Crippen LogP contribution < -0.4 is 5.56 Å². The van der Waals surface area contributed by atoms with Gasteiger partial charge < -0.3 is 4.98 Å². The minimum absolute atomic E-state index is 0.0819. The quantitative estimate of drug-likeness (QED) is 0.439. The topological polar surface area (TPSA) is 45.8 Å². The summed E-state index contributed by atoms with van der Waals surface area (Å²) in [7, 11) is 0. The lowest BCUT2D eigenvalue weighted by molar-refractivity contribution is -0.137. The number of hydrogen-bond acceptors (Lipinski definition) is 2. The summed E-state index contributed by atoms with van der Waals surface area (Å²) in [6, 6.07) is 14.1. The van der Waals surface area contributed by atoms with Crippen LogP contribution in [0, 0.1) is 12.7 Å². The number of fused-ring (bicyclic) bond motifs is 1. The molecule has 29 heavy (non-hydrogen) atoms. The van der Waals surface area contributed by atoms with E-state index in [1.54, 1.807) is 36.4 Å². The predicted octanol–water partition coefficient (Wildman–Crippen LogP) is 5.72. The van der Waals surface area contributed by atoms with Crippen molar-refractivity contribution in [3.8, 4) is 22.5 Å². The van der Waals surface area contributed by atoms with Crippen molar-refractivity contribution in [1.29, 1.82) is 0 Å². The first-order valence-corrected chi connectivity index (χ1v) is 8.70. The van der Waals surface area contributed by atoms with Crippen LogP contribution in [0.3, 0.4) is 0 Å². The van der Waals surface area contributed by atoms with E-state index in [1.807, 2.05) is 13.0 Å². The monoisotopic (exact) mass is 398 g/mol. The molecule has 1 N–H and O–H groups in total. The third kappa shape index (κ3) is 3.63. The summed E-state index contributed by atoms with van der Waals surface area (Å²) in [6.45, 7) is 1.83. The molecule has 0 unspecified atom stereocenters. The maximum atomic E-state index is 13.8. The lowest BCUT2D eigenvalue weighted by atomic mass is 10.00. The summed E-state index contributed by atoms with van der Waals surface area (Å²) >= 11 is 0. The van der Waals surface area contributed by atoms with Crippen molar-refractivity contribution in [2.45, 2.75) is 13.1 Å². The fraction of sp³-hybridized carbons (Fsp3) is 0.0909. The Morgan fingerprint density at radius 3 is 2.38 bits per heavy atom. The molecule has 1 heterocycles. The van der Waals surface area contributed by atoms with Crippen LogP contribution in [0.4, 0.5) is 17.6 Å². The zero-order valence-corrected chi connectivity index (χ0v) is 15.1. The van der Waals surface area contributed by atoms with Crippen LogP contribution in [0.1, 0.15) is 11.1 Å². The molecule has 0 saturated heterocycles. The van der Waals surface area contributed by atoms with Crippen molar-refractivity contribution in [2.24, 2.45) is 0 Å². The summed E-state index contributed by atoms with van der Waals surface area (Å²) in [4.78, 5) is 19.6. The Bertz CT molecular complexity index is 1290. The first kappa shape index (κ1) is 18.9. The highest BCUT2D eigenvalue weighted by molar-refractivity contribution is 5.82. The third-order valence-corrected chi connectivity index (χ3v) is 4.63. The molecule has 7 heteroatoms. The smallest absolute Gasteiger partial charge is 0.306 e. The van der Waals surface area contributed by atoms with Gasteiger partial charge in [0.05, 0.1) is 16.5 Å². The first-order chi connectivity index (χ1) is 13.7. The maximum absolute atomic E-state index is 13.8. The average Bonchev–Trinajstić information content (AvgIpc) is 2.67. The second-order valence-electron chi connectivity index (χ2n) is 6.69. The van der Waals surface area contributed by atoms with E-state index in [1.165, 1.54) is 0 Å². The molecular formula is C22H14F4N2O. The number of rotatable bonds is 2. The molecule has 3 nitrogen and oxygen atoms in total. The molecule has 0 fully saturated rings. The summed E-state index contributed by atoms with van der Waals surface area (Å²) in [5.41, 5.74) is 0.948. The van der Waals surface area contributed by atoms with Gasteiger partial charge in [-0.3, -0.25) is 4.79 Å². The Balaban J connectivity index is 1.86. The van der Waals surface area contributed by atoms with E-state index in [9.17, 15) is 22.4 Å². The normalized spacial score (nSPS) is 11.8. The molecule has 0 spiro atoms. The molecule has 4 aromatic rings. The number of aryl methyl sites for hydroxylation is 1. The van der Waals surface area contributed by atoms with Gasteiger partial charge >= 0.3 is 6.18 Å². The van der Waals surface area contributed by atoms with E-state index in [4.69, 9.17) is 0 Å². The van der Waals surface area contributed by atoms with Gasteiger partial charge in [0.1, 0.15) is 11.6 Å². The van der Waals surface area contributed by atoms with E-state index in [0.29, 0.717) is 28.1 Å². The number of hydrogen-bond donors (Lipinski definition) is 1. The van der Waals surface area contributed by atoms with Gasteiger partial charge in [-0.2, -0.15) is 13.2 Å². The maximum Gasteiger partial charge on any atom is 0.416 e. The molecule has 0 aliphatic rings. The van der Waals surface area contributed by atoms with Crippen molar-refractivity contribution in [2.75, 3.05) is 0 Å². The van der Waals surface area contributed by atoms with E-state index < -0.39 is 17.6 Å². The molecule has 0 radical (unpaired) electrons. The number of nitrogens with one attached hydrogen (secondary N) is 1. The van der Waals surface area contributed by atoms with Crippen LogP contribution in [0.5, 0.6) is 0 Å². The van der Waals surface area contributed by atoms with Crippen LogP contribution in [-0.2, 0) is 6.18 Å². The Morgan fingerprint density at radius 2 is 1.62 bits per heavy atom. The van der Waals surface area contributed by atoms with Crippen LogP contribution in [0.15, 0.2) is 65.5 Å². The number of alkyl halides is 3. The fourth-order valence-corrected chi connectivity index (χ4v) is 3.21.